The van der Waals surface area contributed by atoms with E-state index in [1.807, 2.05) is 7.05 Å². The molecule has 1 aliphatic heterocycles. The van der Waals surface area contributed by atoms with Gasteiger partial charge in [-0.3, -0.25) is 4.99 Å². The van der Waals surface area contributed by atoms with E-state index in [0.29, 0.717) is 0 Å². The SMILES string of the molecule is CN=C(NCCN1CCCCC1)NCc1ccc(C)c(OC)c1.I. The molecule has 1 heterocycles. The van der Waals surface area contributed by atoms with E-state index >= 15 is 0 Å². The van der Waals surface area contributed by atoms with Gasteiger partial charge in [0.2, 0.25) is 0 Å². The number of guanidine groups is 1. The lowest BCUT2D eigenvalue weighted by Gasteiger charge is -2.26. The fraction of sp³-hybridized carbons (Fsp3) is 0.611. The number of likely N-dealkylation sites (tertiary alicyclic amines) is 1. The fourth-order valence-corrected chi connectivity index (χ4v) is 2.90. The van der Waals surface area contributed by atoms with Crippen LogP contribution in [0.25, 0.3) is 0 Å². The maximum absolute atomic E-state index is 5.37. The number of hydrogen-bond acceptors (Lipinski definition) is 3. The van der Waals surface area contributed by atoms with Crippen molar-refractivity contribution in [3.63, 3.8) is 0 Å². The van der Waals surface area contributed by atoms with Crippen molar-refractivity contribution in [1.82, 2.24) is 15.5 Å². The summed E-state index contributed by atoms with van der Waals surface area (Å²) in [7, 11) is 3.52. The first-order valence-electron chi connectivity index (χ1n) is 8.53. The molecule has 2 rings (SSSR count). The van der Waals surface area contributed by atoms with Gasteiger partial charge in [0.1, 0.15) is 5.75 Å². The molecule has 5 nitrogen and oxygen atoms in total. The third-order valence-electron chi connectivity index (χ3n) is 4.33. The number of aliphatic imine (C=N–C) groups is 1. The lowest BCUT2D eigenvalue weighted by Crippen LogP contribution is -2.42. The summed E-state index contributed by atoms with van der Waals surface area (Å²) < 4.78 is 5.37. The number of rotatable bonds is 6. The van der Waals surface area contributed by atoms with Gasteiger partial charge in [0.05, 0.1) is 7.11 Å². The molecule has 0 radical (unpaired) electrons. The van der Waals surface area contributed by atoms with E-state index in [9.17, 15) is 0 Å². The van der Waals surface area contributed by atoms with Crippen molar-refractivity contribution < 1.29 is 4.74 Å². The van der Waals surface area contributed by atoms with Crippen LogP contribution in [0.1, 0.15) is 30.4 Å². The molecule has 0 aliphatic carbocycles. The van der Waals surface area contributed by atoms with Gasteiger partial charge in [-0.2, -0.15) is 0 Å². The maximum atomic E-state index is 5.37. The van der Waals surface area contributed by atoms with Crippen LogP contribution in [0.3, 0.4) is 0 Å². The molecule has 0 bridgehead atoms. The predicted molar refractivity (Wildman–Crippen MR) is 112 cm³/mol. The van der Waals surface area contributed by atoms with Crippen molar-refractivity contribution in [2.24, 2.45) is 4.99 Å². The van der Waals surface area contributed by atoms with Crippen molar-refractivity contribution in [3.05, 3.63) is 29.3 Å². The average molecular weight is 446 g/mol. The summed E-state index contributed by atoms with van der Waals surface area (Å²) in [5, 5.41) is 6.75. The van der Waals surface area contributed by atoms with Crippen LogP contribution in [0.5, 0.6) is 5.75 Å². The highest BCUT2D eigenvalue weighted by Crippen LogP contribution is 2.18. The minimum Gasteiger partial charge on any atom is -0.496 e. The number of hydrogen-bond donors (Lipinski definition) is 2. The quantitative estimate of drug-likeness (QED) is 0.401. The summed E-state index contributed by atoms with van der Waals surface area (Å²) in [6, 6.07) is 6.28. The van der Waals surface area contributed by atoms with E-state index in [1.54, 1.807) is 7.11 Å². The summed E-state index contributed by atoms with van der Waals surface area (Å²) in [5.74, 6) is 1.78. The van der Waals surface area contributed by atoms with Gasteiger partial charge >= 0.3 is 0 Å². The lowest BCUT2D eigenvalue weighted by molar-refractivity contribution is 0.232. The maximum Gasteiger partial charge on any atom is 0.191 e. The van der Waals surface area contributed by atoms with E-state index in [1.165, 1.54) is 37.9 Å². The van der Waals surface area contributed by atoms with Gasteiger partial charge in [0, 0.05) is 26.7 Å². The second-order valence-corrected chi connectivity index (χ2v) is 6.06. The Morgan fingerprint density at radius 2 is 1.96 bits per heavy atom. The normalized spacial score (nSPS) is 15.5. The van der Waals surface area contributed by atoms with Crippen molar-refractivity contribution in [2.75, 3.05) is 40.3 Å². The zero-order valence-corrected chi connectivity index (χ0v) is 17.4. The molecule has 1 saturated heterocycles. The molecular weight excluding hydrogens is 415 g/mol. The summed E-state index contributed by atoms with van der Waals surface area (Å²) in [4.78, 5) is 6.81. The number of benzene rings is 1. The Labute approximate surface area is 163 Å². The number of halogens is 1. The number of nitrogens with one attached hydrogen (secondary N) is 2. The number of ether oxygens (including phenoxy) is 1. The molecule has 6 heteroatoms. The molecule has 0 spiro atoms. The molecule has 1 aromatic carbocycles. The summed E-state index contributed by atoms with van der Waals surface area (Å²) in [5.41, 5.74) is 2.34. The van der Waals surface area contributed by atoms with E-state index < -0.39 is 0 Å². The monoisotopic (exact) mass is 446 g/mol. The molecule has 0 amide bonds. The number of piperidine rings is 1. The predicted octanol–water partition coefficient (Wildman–Crippen LogP) is 2.77. The lowest BCUT2D eigenvalue weighted by atomic mass is 10.1. The molecule has 0 saturated carbocycles. The molecular formula is C18H31IN4O. The molecule has 24 heavy (non-hydrogen) atoms. The first-order valence-corrected chi connectivity index (χ1v) is 8.53. The summed E-state index contributed by atoms with van der Waals surface area (Å²) in [6.45, 7) is 7.26. The van der Waals surface area contributed by atoms with E-state index in [0.717, 1.165) is 36.9 Å². The van der Waals surface area contributed by atoms with Crippen LogP contribution in [0.2, 0.25) is 0 Å². The van der Waals surface area contributed by atoms with Gasteiger partial charge < -0.3 is 20.3 Å². The minimum atomic E-state index is 0. The van der Waals surface area contributed by atoms with Crippen LogP contribution in [-0.2, 0) is 6.54 Å². The van der Waals surface area contributed by atoms with Crippen LogP contribution in [0, 0.1) is 6.92 Å². The van der Waals surface area contributed by atoms with Crippen LogP contribution in [-0.4, -0.2) is 51.2 Å². The third-order valence-corrected chi connectivity index (χ3v) is 4.33. The highest BCUT2D eigenvalue weighted by molar-refractivity contribution is 14.0. The van der Waals surface area contributed by atoms with Crippen molar-refractivity contribution in [2.45, 2.75) is 32.7 Å². The number of aryl methyl sites for hydroxylation is 1. The van der Waals surface area contributed by atoms with E-state index in [2.05, 4.69) is 45.6 Å². The molecule has 136 valence electrons. The van der Waals surface area contributed by atoms with Gasteiger partial charge in [-0.15, -0.1) is 24.0 Å². The van der Waals surface area contributed by atoms with Crippen molar-refractivity contribution in [3.8, 4) is 5.75 Å². The van der Waals surface area contributed by atoms with E-state index in [-0.39, 0.29) is 24.0 Å². The van der Waals surface area contributed by atoms with Gasteiger partial charge in [-0.05, 0) is 50.0 Å². The summed E-state index contributed by atoms with van der Waals surface area (Å²) in [6.07, 6.45) is 4.05. The Kier molecular flexibility index (Phi) is 10.1. The van der Waals surface area contributed by atoms with Crippen LogP contribution < -0.4 is 15.4 Å². The molecule has 1 fully saturated rings. The summed E-state index contributed by atoms with van der Waals surface area (Å²) >= 11 is 0. The molecule has 1 aromatic rings. The fourth-order valence-electron chi connectivity index (χ4n) is 2.90. The zero-order valence-electron chi connectivity index (χ0n) is 15.1. The highest BCUT2D eigenvalue weighted by Gasteiger charge is 2.09. The second-order valence-electron chi connectivity index (χ2n) is 6.06. The van der Waals surface area contributed by atoms with Crippen LogP contribution in [0.15, 0.2) is 23.2 Å². The van der Waals surface area contributed by atoms with Crippen LogP contribution in [0.4, 0.5) is 0 Å². The number of nitrogens with zero attached hydrogens (tertiary/aromatic N) is 2. The highest BCUT2D eigenvalue weighted by atomic mass is 127. The Balaban J connectivity index is 0.00000288. The van der Waals surface area contributed by atoms with E-state index in [4.69, 9.17) is 4.74 Å². The average Bonchev–Trinajstić information content (AvgIpc) is 2.60. The van der Waals surface area contributed by atoms with Crippen molar-refractivity contribution >= 4 is 29.9 Å². The molecule has 0 unspecified atom stereocenters. The number of methoxy groups -OCH3 is 1. The Hall–Kier alpha value is -1.02. The third kappa shape index (κ3) is 6.84. The molecule has 2 N–H and O–H groups in total. The Morgan fingerprint density at radius 1 is 1.21 bits per heavy atom. The zero-order chi connectivity index (χ0) is 16.5. The molecule has 0 atom stereocenters. The van der Waals surface area contributed by atoms with Crippen LogP contribution >= 0.6 is 24.0 Å². The van der Waals surface area contributed by atoms with Crippen molar-refractivity contribution in [1.29, 1.82) is 0 Å². The first kappa shape index (κ1) is 21.0. The topological polar surface area (TPSA) is 48.9 Å². The molecule has 1 aliphatic rings. The minimum absolute atomic E-state index is 0. The second kappa shape index (κ2) is 11.5. The van der Waals surface area contributed by atoms with Gasteiger partial charge in [0.15, 0.2) is 5.96 Å². The van der Waals surface area contributed by atoms with Gasteiger partial charge in [-0.1, -0.05) is 18.6 Å². The standard InChI is InChI=1S/C18H30N4O.HI/c1-15-7-8-16(13-17(15)23-3)14-21-18(19-2)20-9-12-22-10-5-4-6-11-22;/h7-8,13H,4-6,9-12,14H2,1-3H3,(H2,19,20,21);1H. The smallest absolute Gasteiger partial charge is 0.191 e. The Bertz CT molecular complexity index is 516. The molecule has 0 aromatic heterocycles. The Morgan fingerprint density at radius 3 is 2.62 bits per heavy atom. The van der Waals surface area contributed by atoms with Gasteiger partial charge in [-0.25, -0.2) is 0 Å². The first-order chi connectivity index (χ1) is 11.2. The largest absolute Gasteiger partial charge is 0.496 e. The van der Waals surface area contributed by atoms with Gasteiger partial charge in [0.25, 0.3) is 0 Å².